The van der Waals surface area contributed by atoms with Gasteiger partial charge >= 0.3 is 0 Å². The van der Waals surface area contributed by atoms with Crippen LogP contribution >= 0.6 is 0 Å². The third-order valence-corrected chi connectivity index (χ3v) is 4.46. The van der Waals surface area contributed by atoms with Crippen LogP contribution in [0.2, 0.25) is 0 Å². The Kier molecular flexibility index (Phi) is 18.9. The summed E-state index contributed by atoms with van der Waals surface area (Å²) in [5.74, 6) is 1.94. The van der Waals surface area contributed by atoms with E-state index in [1.165, 1.54) is 36.8 Å². The molecule has 0 aromatic carbocycles. The number of allylic oxidation sites excluding steroid dienone is 3. The van der Waals surface area contributed by atoms with Crippen molar-refractivity contribution < 1.29 is 0 Å². The van der Waals surface area contributed by atoms with Gasteiger partial charge in [0.1, 0.15) is 0 Å². The first-order valence-electron chi connectivity index (χ1n) is 10.2. The number of nitrogens with zero attached hydrogens (tertiary/aromatic N) is 1. The van der Waals surface area contributed by atoms with Gasteiger partial charge in [-0.1, -0.05) is 79.5 Å². The highest BCUT2D eigenvalue weighted by Crippen LogP contribution is 2.34. The number of hydrogen-bond donors (Lipinski definition) is 0. The largest absolute Gasteiger partial charge is 0.198 e. The second-order valence-electron chi connectivity index (χ2n) is 8.10. The Balaban J connectivity index is -0.000000380. The summed E-state index contributed by atoms with van der Waals surface area (Å²) in [4.78, 5) is 0. The molecule has 1 nitrogen and oxygen atoms in total. The molecule has 0 aromatic heterocycles. The molecule has 25 heavy (non-hydrogen) atoms. The summed E-state index contributed by atoms with van der Waals surface area (Å²) >= 11 is 0. The second kappa shape index (κ2) is 16.4. The number of nitriles is 1. The molecule has 0 rings (SSSR count). The Morgan fingerprint density at radius 1 is 1.04 bits per heavy atom. The van der Waals surface area contributed by atoms with Gasteiger partial charge in [0.25, 0.3) is 0 Å². The van der Waals surface area contributed by atoms with Gasteiger partial charge in [0.05, 0.1) is 11.5 Å². The normalized spacial score (nSPS) is 11.5. The minimum atomic E-state index is -0.148. The summed E-state index contributed by atoms with van der Waals surface area (Å²) in [6.07, 6.45) is 6.77. The number of rotatable bonds is 8. The van der Waals surface area contributed by atoms with Crippen molar-refractivity contribution in [1.82, 2.24) is 0 Å². The molecular weight excluding hydrogens is 302 g/mol. The Hall–Kier alpha value is -1.03. The molecule has 0 saturated heterocycles. The SMILES string of the molecule is C=CC(=C(C)C)C(C)C.CC.CCCC(CCC(C)C)C(C)(C)C#N. The van der Waals surface area contributed by atoms with Crippen molar-refractivity contribution in [3.8, 4) is 6.07 Å². The van der Waals surface area contributed by atoms with Crippen molar-refractivity contribution in [2.24, 2.45) is 23.2 Å². The van der Waals surface area contributed by atoms with Crippen LogP contribution < -0.4 is 0 Å². The van der Waals surface area contributed by atoms with Gasteiger partial charge in [-0.25, -0.2) is 0 Å². The molecule has 1 unspecified atom stereocenters. The fourth-order valence-electron chi connectivity index (χ4n) is 2.86. The van der Waals surface area contributed by atoms with Gasteiger partial charge in [-0.2, -0.15) is 5.26 Å². The van der Waals surface area contributed by atoms with Crippen molar-refractivity contribution in [2.75, 3.05) is 0 Å². The maximum atomic E-state index is 9.11. The van der Waals surface area contributed by atoms with Gasteiger partial charge < -0.3 is 0 Å². The van der Waals surface area contributed by atoms with Gasteiger partial charge in [-0.3, -0.25) is 0 Å². The summed E-state index contributed by atoms with van der Waals surface area (Å²) < 4.78 is 0. The van der Waals surface area contributed by atoms with E-state index in [-0.39, 0.29) is 5.41 Å². The predicted molar refractivity (Wildman–Crippen MR) is 117 cm³/mol. The van der Waals surface area contributed by atoms with E-state index in [4.69, 9.17) is 5.26 Å². The van der Waals surface area contributed by atoms with E-state index in [0.717, 1.165) is 5.92 Å². The maximum Gasteiger partial charge on any atom is 0.0686 e. The molecule has 0 amide bonds. The Morgan fingerprint density at radius 3 is 1.72 bits per heavy atom. The molecule has 0 bridgehead atoms. The molecule has 0 aliphatic carbocycles. The van der Waals surface area contributed by atoms with E-state index in [2.05, 4.69) is 75.0 Å². The molecule has 0 spiro atoms. The topological polar surface area (TPSA) is 23.8 Å². The average molecular weight is 350 g/mol. The standard InChI is InChI=1S/C13H25N.C9H16.C2H6/c1-6-7-12(9-8-11(2)3)13(4,5)10-14;1-6-9(7(2)3)8(4)5;1-2/h11-12H,6-9H2,1-5H3;6-7H,1H2,2-5H3;1-2H3. The monoisotopic (exact) mass is 349 g/mol. The van der Waals surface area contributed by atoms with Gasteiger partial charge in [0, 0.05) is 0 Å². The van der Waals surface area contributed by atoms with Crippen LogP contribution in [0.5, 0.6) is 0 Å². The molecule has 0 radical (unpaired) electrons. The minimum absolute atomic E-state index is 0.148. The van der Waals surface area contributed by atoms with Gasteiger partial charge in [-0.15, -0.1) is 0 Å². The molecule has 148 valence electrons. The van der Waals surface area contributed by atoms with Crippen LogP contribution in [0, 0.1) is 34.5 Å². The smallest absolute Gasteiger partial charge is 0.0686 e. The lowest BCUT2D eigenvalue weighted by Gasteiger charge is -2.28. The minimum Gasteiger partial charge on any atom is -0.198 e. The van der Waals surface area contributed by atoms with Crippen molar-refractivity contribution in [3.63, 3.8) is 0 Å². The molecule has 0 heterocycles. The molecule has 0 aliphatic heterocycles. The van der Waals surface area contributed by atoms with Crippen LogP contribution in [0.25, 0.3) is 0 Å². The van der Waals surface area contributed by atoms with Crippen molar-refractivity contribution in [3.05, 3.63) is 23.8 Å². The summed E-state index contributed by atoms with van der Waals surface area (Å²) in [6.45, 7) is 27.2. The Bertz CT molecular complexity index is 387. The van der Waals surface area contributed by atoms with E-state index < -0.39 is 0 Å². The molecular formula is C24H47N. The highest BCUT2D eigenvalue weighted by Gasteiger charge is 2.28. The van der Waals surface area contributed by atoms with E-state index in [1.54, 1.807) is 0 Å². The highest BCUT2D eigenvalue weighted by atomic mass is 14.4. The van der Waals surface area contributed by atoms with Gasteiger partial charge in [0.15, 0.2) is 0 Å². The fraction of sp³-hybridized carbons (Fsp3) is 0.792. The third kappa shape index (κ3) is 15.0. The lowest BCUT2D eigenvalue weighted by atomic mass is 9.74. The summed E-state index contributed by atoms with van der Waals surface area (Å²) in [5.41, 5.74) is 2.60. The van der Waals surface area contributed by atoms with E-state index >= 15 is 0 Å². The van der Waals surface area contributed by atoms with E-state index in [9.17, 15) is 0 Å². The third-order valence-electron chi connectivity index (χ3n) is 4.46. The van der Waals surface area contributed by atoms with E-state index in [1.807, 2.05) is 19.9 Å². The molecule has 0 N–H and O–H groups in total. The average Bonchev–Trinajstić information content (AvgIpc) is 2.53. The zero-order valence-electron chi connectivity index (χ0n) is 19.3. The Morgan fingerprint density at radius 2 is 1.52 bits per heavy atom. The summed E-state index contributed by atoms with van der Waals surface area (Å²) in [6, 6.07) is 2.45. The molecule has 1 heteroatoms. The van der Waals surface area contributed by atoms with Gasteiger partial charge in [-0.05, 0) is 63.9 Å². The molecule has 0 fully saturated rings. The van der Waals surface area contributed by atoms with Crippen molar-refractivity contribution in [2.45, 2.75) is 102 Å². The zero-order valence-corrected chi connectivity index (χ0v) is 19.3. The first-order valence-corrected chi connectivity index (χ1v) is 10.2. The van der Waals surface area contributed by atoms with Crippen LogP contribution in [0.4, 0.5) is 0 Å². The Labute approximate surface area is 160 Å². The second-order valence-corrected chi connectivity index (χ2v) is 8.10. The molecule has 0 aromatic rings. The van der Waals surface area contributed by atoms with Crippen molar-refractivity contribution >= 4 is 0 Å². The van der Waals surface area contributed by atoms with E-state index in [0.29, 0.717) is 11.8 Å². The van der Waals surface area contributed by atoms with Crippen LogP contribution in [0.1, 0.15) is 102 Å². The fourth-order valence-corrected chi connectivity index (χ4v) is 2.86. The van der Waals surface area contributed by atoms with Crippen LogP contribution in [-0.4, -0.2) is 0 Å². The van der Waals surface area contributed by atoms with Crippen LogP contribution in [-0.2, 0) is 0 Å². The van der Waals surface area contributed by atoms with Crippen LogP contribution in [0.3, 0.4) is 0 Å². The van der Waals surface area contributed by atoms with Crippen molar-refractivity contribution in [1.29, 1.82) is 5.26 Å². The molecule has 1 atom stereocenters. The first-order chi connectivity index (χ1) is 11.5. The lowest BCUT2D eigenvalue weighted by Crippen LogP contribution is -2.22. The van der Waals surface area contributed by atoms with Crippen LogP contribution in [0.15, 0.2) is 23.8 Å². The zero-order chi connectivity index (χ0) is 20.6. The first kappa shape index (κ1) is 28.8. The highest BCUT2D eigenvalue weighted by molar-refractivity contribution is 5.22. The number of hydrogen-bond acceptors (Lipinski definition) is 1. The summed E-state index contributed by atoms with van der Waals surface area (Å²) in [7, 11) is 0. The predicted octanol–water partition coefficient (Wildman–Crippen LogP) is 8.58. The molecule has 0 aliphatic rings. The maximum absolute atomic E-state index is 9.11. The molecule has 0 saturated carbocycles. The summed E-state index contributed by atoms with van der Waals surface area (Å²) in [5, 5.41) is 9.11. The van der Waals surface area contributed by atoms with Gasteiger partial charge in [0.2, 0.25) is 0 Å². The lowest BCUT2D eigenvalue weighted by molar-refractivity contribution is 0.241. The quantitative estimate of drug-likeness (QED) is 0.402.